The van der Waals surface area contributed by atoms with Crippen LogP contribution in [0.5, 0.6) is 0 Å². The van der Waals surface area contributed by atoms with E-state index in [1.807, 2.05) is 0 Å². The molecule has 0 bridgehead atoms. The summed E-state index contributed by atoms with van der Waals surface area (Å²) in [7, 11) is 0. The fourth-order valence-corrected chi connectivity index (χ4v) is 3.07. The van der Waals surface area contributed by atoms with Gasteiger partial charge in [-0.2, -0.15) is 5.26 Å². The van der Waals surface area contributed by atoms with E-state index < -0.39 is 5.91 Å². The number of carbonyl (C=O) groups excluding carboxylic acids is 1. The minimum Gasteiger partial charge on any atom is -0.386 e. The van der Waals surface area contributed by atoms with Crippen LogP contribution in [0, 0.1) is 17.2 Å². The Labute approximate surface area is 152 Å². The van der Waals surface area contributed by atoms with Crippen molar-refractivity contribution in [2.24, 2.45) is 28.1 Å². The SMILES string of the molecule is N#CC1C[C@H](N)CC[C@@H]1N/C=C(/C(N)=O)C(N)=NC1=CC=C(Cl)CC1. The standard InChI is InChI=1S/C17H23ClN6O/c18-11-1-4-13(5-2-11)24-16(21)14(17(22)25)9-23-15-6-3-12(20)7-10(15)8-19/h1,4,9-10,12,15,23H,2-3,5-7,20H2,(H2,21,24)(H2,22,25)/b14-9+/t10?,12-,15+/m1/s1. The Morgan fingerprint density at radius 3 is 2.72 bits per heavy atom. The molecule has 0 aromatic heterocycles. The predicted molar refractivity (Wildman–Crippen MR) is 98.0 cm³/mol. The number of aliphatic imine (C=N–C) groups is 1. The smallest absolute Gasteiger partial charge is 0.253 e. The van der Waals surface area contributed by atoms with Gasteiger partial charge < -0.3 is 22.5 Å². The second kappa shape index (κ2) is 8.70. The number of halogens is 1. The van der Waals surface area contributed by atoms with Gasteiger partial charge in [-0.1, -0.05) is 11.6 Å². The van der Waals surface area contributed by atoms with Crippen LogP contribution in [-0.4, -0.2) is 23.8 Å². The first-order valence-electron chi connectivity index (χ1n) is 8.21. The van der Waals surface area contributed by atoms with E-state index in [1.54, 1.807) is 12.2 Å². The lowest BCUT2D eigenvalue weighted by Gasteiger charge is -2.30. The maximum atomic E-state index is 11.7. The number of rotatable bonds is 5. The fraction of sp³-hybridized carbons (Fsp3) is 0.471. The molecule has 1 saturated carbocycles. The first kappa shape index (κ1) is 19.0. The monoisotopic (exact) mass is 362 g/mol. The molecule has 0 aromatic rings. The molecule has 7 nitrogen and oxygen atoms in total. The highest BCUT2D eigenvalue weighted by molar-refractivity contribution is 6.29. The largest absolute Gasteiger partial charge is 0.386 e. The van der Waals surface area contributed by atoms with E-state index in [0.717, 1.165) is 23.6 Å². The van der Waals surface area contributed by atoms with E-state index in [1.165, 1.54) is 6.20 Å². The van der Waals surface area contributed by atoms with Crippen molar-refractivity contribution in [1.82, 2.24) is 5.32 Å². The third-order valence-electron chi connectivity index (χ3n) is 4.38. The molecule has 3 atom stereocenters. The van der Waals surface area contributed by atoms with Crippen LogP contribution in [0.4, 0.5) is 0 Å². The number of nitrogens with one attached hydrogen (secondary N) is 1. The minimum atomic E-state index is -0.681. The van der Waals surface area contributed by atoms with Crippen LogP contribution in [0.25, 0.3) is 0 Å². The summed E-state index contributed by atoms with van der Waals surface area (Å²) in [5.74, 6) is -0.862. The summed E-state index contributed by atoms with van der Waals surface area (Å²) in [5, 5.41) is 13.1. The van der Waals surface area contributed by atoms with E-state index >= 15 is 0 Å². The first-order valence-corrected chi connectivity index (χ1v) is 8.59. The molecule has 1 fully saturated rings. The van der Waals surface area contributed by atoms with Gasteiger partial charge in [0.2, 0.25) is 0 Å². The van der Waals surface area contributed by atoms with Gasteiger partial charge in [0.05, 0.1) is 17.6 Å². The van der Waals surface area contributed by atoms with Gasteiger partial charge in [-0.15, -0.1) is 0 Å². The van der Waals surface area contributed by atoms with Gasteiger partial charge in [-0.25, -0.2) is 4.99 Å². The number of nitriles is 1. The molecule has 134 valence electrons. The summed E-state index contributed by atoms with van der Waals surface area (Å²) >= 11 is 5.91. The van der Waals surface area contributed by atoms with E-state index in [9.17, 15) is 10.1 Å². The van der Waals surface area contributed by atoms with E-state index in [0.29, 0.717) is 19.3 Å². The van der Waals surface area contributed by atoms with E-state index in [2.05, 4.69) is 16.4 Å². The number of nitrogens with two attached hydrogens (primary N) is 3. The zero-order valence-corrected chi connectivity index (χ0v) is 14.7. The number of nitrogens with zero attached hydrogens (tertiary/aromatic N) is 2. The number of hydrogen-bond acceptors (Lipinski definition) is 5. The Hall–Kier alpha value is -2.30. The molecule has 2 aliphatic rings. The van der Waals surface area contributed by atoms with Crippen molar-refractivity contribution < 1.29 is 4.79 Å². The zero-order chi connectivity index (χ0) is 18.4. The second-order valence-corrected chi connectivity index (χ2v) is 6.76. The number of amides is 1. The molecule has 0 aliphatic heterocycles. The second-order valence-electron chi connectivity index (χ2n) is 6.27. The van der Waals surface area contributed by atoms with Gasteiger partial charge in [0.25, 0.3) is 5.91 Å². The quantitative estimate of drug-likeness (QED) is 0.329. The molecule has 0 saturated heterocycles. The molecule has 1 amide bonds. The Morgan fingerprint density at radius 2 is 2.12 bits per heavy atom. The summed E-state index contributed by atoms with van der Waals surface area (Å²) in [5.41, 5.74) is 18.1. The minimum absolute atomic E-state index is 0.0343. The van der Waals surface area contributed by atoms with Crippen LogP contribution < -0.4 is 22.5 Å². The fourth-order valence-electron chi connectivity index (χ4n) is 2.92. The van der Waals surface area contributed by atoms with Crippen LogP contribution in [-0.2, 0) is 4.79 Å². The zero-order valence-electron chi connectivity index (χ0n) is 13.9. The number of amidine groups is 1. The summed E-state index contributed by atoms with van der Waals surface area (Å²) in [4.78, 5) is 16.0. The molecular formula is C17H23ClN6O. The van der Waals surface area contributed by atoms with Crippen LogP contribution in [0.15, 0.2) is 39.6 Å². The average molecular weight is 363 g/mol. The van der Waals surface area contributed by atoms with Crippen molar-refractivity contribution in [1.29, 1.82) is 5.26 Å². The summed E-state index contributed by atoms with van der Waals surface area (Å²) in [6, 6.07) is 2.20. The summed E-state index contributed by atoms with van der Waals surface area (Å²) in [6.45, 7) is 0. The lowest BCUT2D eigenvalue weighted by Crippen LogP contribution is -2.42. The molecule has 0 spiro atoms. The van der Waals surface area contributed by atoms with Gasteiger partial charge in [0, 0.05) is 29.0 Å². The van der Waals surface area contributed by atoms with Crippen molar-refractivity contribution in [3.63, 3.8) is 0 Å². The molecule has 25 heavy (non-hydrogen) atoms. The van der Waals surface area contributed by atoms with Crippen LogP contribution in [0.2, 0.25) is 0 Å². The van der Waals surface area contributed by atoms with Gasteiger partial charge in [0.15, 0.2) is 0 Å². The molecular weight excluding hydrogens is 340 g/mol. The Kier molecular flexibility index (Phi) is 6.62. The lowest BCUT2D eigenvalue weighted by atomic mass is 9.83. The van der Waals surface area contributed by atoms with Crippen LogP contribution in [0.1, 0.15) is 32.1 Å². The topological polar surface area (TPSA) is 143 Å². The van der Waals surface area contributed by atoms with Crippen LogP contribution >= 0.6 is 11.6 Å². The molecule has 2 aliphatic carbocycles. The van der Waals surface area contributed by atoms with Crippen molar-refractivity contribution in [3.8, 4) is 6.07 Å². The van der Waals surface area contributed by atoms with Crippen molar-refractivity contribution in [2.45, 2.75) is 44.2 Å². The number of hydrogen-bond donors (Lipinski definition) is 4. The van der Waals surface area contributed by atoms with Crippen molar-refractivity contribution in [3.05, 3.63) is 34.7 Å². The van der Waals surface area contributed by atoms with Crippen LogP contribution in [0.3, 0.4) is 0 Å². The third kappa shape index (κ3) is 5.34. The predicted octanol–water partition coefficient (Wildman–Crippen LogP) is 1.12. The van der Waals surface area contributed by atoms with Crippen molar-refractivity contribution in [2.75, 3.05) is 0 Å². The average Bonchev–Trinajstić information content (AvgIpc) is 2.57. The number of allylic oxidation sites excluding steroid dienone is 4. The molecule has 0 aromatic carbocycles. The lowest BCUT2D eigenvalue weighted by molar-refractivity contribution is -0.114. The molecule has 0 radical (unpaired) electrons. The highest BCUT2D eigenvalue weighted by Gasteiger charge is 2.28. The Bertz CT molecular complexity index is 688. The number of carbonyl (C=O) groups is 1. The first-order chi connectivity index (χ1) is 11.9. The third-order valence-corrected chi connectivity index (χ3v) is 4.70. The highest BCUT2D eigenvalue weighted by Crippen LogP contribution is 2.24. The summed E-state index contributed by atoms with van der Waals surface area (Å²) < 4.78 is 0. The van der Waals surface area contributed by atoms with Gasteiger partial charge in [-0.05, 0) is 44.3 Å². The summed E-state index contributed by atoms with van der Waals surface area (Å²) in [6.07, 6.45) is 8.49. The maximum absolute atomic E-state index is 11.7. The molecule has 1 unspecified atom stereocenters. The maximum Gasteiger partial charge on any atom is 0.253 e. The van der Waals surface area contributed by atoms with Gasteiger partial charge in [-0.3, -0.25) is 4.79 Å². The molecule has 0 heterocycles. The van der Waals surface area contributed by atoms with Gasteiger partial charge in [0.1, 0.15) is 5.84 Å². The normalized spacial score (nSPS) is 27.8. The van der Waals surface area contributed by atoms with Gasteiger partial charge >= 0.3 is 0 Å². The highest BCUT2D eigenvalue weighted by atomic mass is 35.5. The number of primary amides is 1. The van der Waals surface area contributed by atoms with E-state index in [4.69, 9.17) is 28.8 Å². The Balaban J connectivity index is 2.13. The molecule has 7 N–H and O–H groups in total. The van der Waals surface area contributed by atoms with Crippen molar-refractivity contribution >= 4 is 23.3 Å². The Morgan fingerprint density at radius 1 is 1.36 bits per heavy atom. The molecule has 8 heteroatoms. The van der Waals surface area contributed by atoms with E-state index in [-0.39, 0.29) is 29.4 Å². The molecule has 2 rings (SSSR count).